The fourth-order valence-electron chi connectivity index (χ4n) is 1.79. The lowest BCUT2D eigenvalue weighted by Gasteiger charge is -2.31. The van der Waals surface area contributed by atoms with E-state index in [1.807, 2.05) is 11.8 Å². The number of carbonyl (C=O) groups is 1. The molecular formula is C13H28N2O2. The van der Waals surface area contributed by atoms with Crippen LogP contribution in [0.4, 0.5) is 0 Å². The van der Waals surface area contributed by atoms with Gasteiger partial charge in [0.1, 0.15) is 0 Å². The first-order valence-electron chi connectivity index (χ1n) is 6.57. The molecule has 4 nitrogen and oxygen atoms in total. The number of amides is 1. The van der Waals surface area contributed by atoms with E-state index in [4.69, 9.17) is 10.5 Å². The van der Waals surface area contributed by atoms with E-state index in [-0.39, 0.29) is 17.9 Å². The van der Waals surface area contributed by atoms with Crippen LogP contribution in [-0.4, -0.2) is 43.7 Å². The number of nitrogens with zero attached hydrogens (tertiary/aromatic N) is 1. The molecule has 0 aliphatic heterocycles. The van der Waals surface area contributed by atoms with Crippen molar-refractivity contribution < 1.29 is 9.53 Å². The summed E-state index contributed by atoms with van der Waals surface area (Å²) in [4.78, 5) is 14.2. The zero-order valence-corrected chi connectivity index (χ0v) is 11.7. The molecule has 0 aliphatic carbocycles. The van der Waals surface area contributed by atoms with Gasteiger partial charge in [-0.2, -0.15) is 0 Å². The maximum atomic E-state index is 12.3. The van der Waals surface area contributed by atoms with Crippen LogP contribution in [0.1, 0.15) is 40.0 Å². The Morgan fingerprint density at radius 2 is 2.06 bits per heavy atom. The maximum Gasteiger partial charge on any atom is 0.225 e. The van der Waals surface area contributed by atoms with Gasteiger partial charge in [-0.3, -0.25) is 4.79 Å². The van der Waals surface area contributed by atoms with Gasteiger partial charge in [0.2, 0.25) is 5.91 Å². The van der Waals surface area contributed by atoms with Crippen molar-refractivity contribution in [1.82, 2.24) is 4.90 Å². The summed E-state index contributed by atoms with van der Waals surface area (Å²) in [5.74, 6) is 0.286. The van der Waals surface area contributed by atoms with E-state index >= 15 is 0 Å². The highest BCUT2D eigenvalue weighted by Crippen LogP contribution is 2.13. The average Bonchev–Trinajstić information content (AvgIpc) is 2.35. The number of carbonyl (C=O) groups excluding carboxylic acids is 1. The maximum absolute atomic E-state index is 12.3. The largest absolute Gasteiger partial charge is 0.383 e. The summed E-state index contributed by atoms with van der Waals surface area (Å²) in [6.07, 6.45) is 2.75. The van der Waals surface area contributed by atoms with E-state index in [1.54, 1.807) is 7.11 Å². The Morgan fingerprint density at radius 1 is 1.41 bits per heavy atom. The van der Waals surface area contributed by atoms with Gasteiger partial charge in [0.25, 0.3) is 0 Å². The monoisotopic (exact) mass is 244 g/mol. The molecule has 4 heteroatoms. The van der Waals surface area contributed by atoms with Crippen LogP contribution in [0, 0.1) is 5.92 Å². The van der Waals surface area contributed by atoms with Crippen molar-refractivity contribution in [3.63, 3.8) is 0 Å². The SMILES string of the molecule is CCC(C)N(CCOC)C(=O)C(C)CCCN. The third-order valence-corrected chi connectivity index (χ3v) is 3.21. The van der Waals surface area contributed by atoms with Crippen LogP contribution in [0.15, 0.2) is 0 Å². The minimum atomic E-state index is 0.0596. The van der Waals surface area contributed by atoms with Gasteiger partial charge in [0.05, 0.1) is 6.61 Å². The van der Waals surface area contributed by atoms with E-state index in [1.165, 1.54) is 0 Å². The van der Waals surface area contributed by atoms with E-state index in [2.05, 4.69) is 13.8 Å². The van der Waals surface area contributed by atoms with Gasteiger partial charge in [-0.05, 0) is 32.7 Å². The minimum absolute atomic E-state index is 0.0596. The van der Waals surface area contributed by atoms with Gasteiger partial charge in [-0.25, -0.2) is 0 Å². The van der Waals surface area contributed by atoms with Gasteiger partial charge < -0.3 is 15.4 Å². The summed E-state index contributed by atoms with van der Waals surface area (Å²) < 4.78 is 5.06. The molecule has 102 valence electrons. The highest BCUT2D eigenvalue weighted by molar-refractivity contribution is 5.78. The second-order valence-electron chi connectivity index (χ2n) is 4.61. The molecule has 0 saturated heterocycles. The third-order valence-electron chi connectivity index (χ3n) is 3.21. The number of rotatable bonds is 9. The number of methoxy groups -OCH3 is 1. The third kappa shape index (κ3) is 6.03. The van der Waals surface area contributed by atoms with Crippen molar-refractivity contribution >= 4 is 5.91 Å². The van der Waals surface area contributed by atoms with Crippen molar-refractivity contribution in [1.29, 1.82) is 0 Å². The van der Waals surface area contributed by atoms with Crippen LogP contribution in [-0.2, 0) is 9.53 Å². The van der Waals surface area contributed by atoms with E-state index in [9.17, 15) is 4.79 Å². The Balaban J connectivity index is 4.39. The number of ether oxygens (including phenoxy) is 1. The Labute approximate surface area is 105 Å². The molecule has 0 spiro atoms. The number of hydrogen-bond acceptors (Lipinski definition) is 3. The Hall–Kier alpha value is -0.610. The van der Waals surface area contributed by atoms with E-state index in [0.717, 1.165) is 19.3 Å². The van der Waals surface area contributed by atoms with Crippen molar-refractivity contribution in [3.8, 4) is 0 Å². The van der Waals surface area contributed by atoms with Crippen molar-refractivity contribution in [2.24, 2.45) is 11.7 Å². The summed E-state index contributed by atoms with van der Waals surface area (Å²) in [7, 11) is 1.66. The predicted octanol–water partition coefficient (Wildman–Crippen LogP) is 1.63. The summed E-state index contributed by atoms with van der Waals surface area (Å²) in [5, 5.41) is 0. The molecule has 0 aromatic carbocycles. The summed E-state index contributed by atoms with van der Waals surface area (Å²) in [6.45, 7) is 8.10. The lowest BCUT2D eigenvalue weighted by atomic mass is 10.0. The van der Waals surface area contributed by atoms with Gasteiger partial charge in [-0.15, -0.1) is 0 Å². The van der Waals surface area contributed by atoms with E-state index in [0.29, 0.717) is 19.7 Å². The lowest BCUT2D eigenvalue weighted by Crippen LogP contribution is -2.43. The molecule has 0 aliphatic rings. The molecule has 1 amide bonds. The molecular weight excluding hydrogens is 216 g/mol. The van der Waals surface area contributed by atoms with Gasteiger partial charge in [0.15, 0.2) is 0 Å². The second-order valence-corrected chi connectivity index (χ2v) is 4.61. The van der Waals surface area contributed by atoms with Crippen LogP contribution < -0.4 is 5.73 Å². The van der Waals surface area contributed by atoms with Gasteiger partial charge >= 0.3 is 0 Å². The molecule has 2 atom stereocenters. The Morgan fingerprint density at radius 3 is 2.53 bits per heavy atom. The topological polar surface area (TPSA) is 55.6 Å². The van der Waals surface area contributed by atoms with Crippen LogP contribution in [0.2, 0.25) is 0 Å². The number of nitrogens with two attached hydrogens (primary N) is 1. The first kappa shape index (κ1) is 16.4. The first-order valence-corrected chi connectivity index (χ1v) is 6.57. The van der Waals surface area contributed by atoms with Crippen LogP contribution in [0.3, 0.4) is 0 Å². The second kappa shape index (κ2) is 9.42. The van der Waals surface area contributed by atoms with Crippen LogP contribution in [0.25, 0.3) is 0 Å². The minimum Gasteiger partial charge on any atom is -0.383 e. The molecule has 0 heterocycles. The summed E-state index contributed by atoms with van der Waals surface area (Å²) >= 11 is 0. The summed E-state index contributed by atoms with van der Waals surface area (Å²) in [6, 6.07) is 0.276. The fraction of sp³-hybridized carbons (Fsp3) is 0.923. The Bertz CT molecular complexity index is 210. The van der Waals surface area contributed by atoms with Gasteiger partial charge in [0, 0.05) is 25.6 Å². The first-order chi connectivity index (χ1) is 8.08. The van der Waals surface area contributed by atoms with E-state index < -0.39 is 0 Å². The zero-order chi connectivity index (χ0) is 13.3. The molecule has 2 unspecified atom stereocenters. The molecule has 0 fully saturated rings. The smallest absolute Gasteiger partial charge is 0.225 e. The molecule has 0 rings (SSSR count). The quantitative estimate of drug-likeness (QED) is 0.671. The normalized spacial score (nSPS) is 14.4. The Kier molecular flexibility index (Phi) is 9.09. The molecule has 0 aromatic rings. The molecule has 2 N–H and O–H groups in total. The average molecular weight is 244 g/mol. The van der Waals surface area contributed by atoms with Crippen LogP contribution >= 0.6 is 0 Å². The lowest BCUT2D eigenvalue weighted by molar-refractivity contribution is -0.138. The van der Waals surface area contributed by atoms with Crippen molar-refractivity contribution in [2.45, 2.75) is 46.1 Å². The predicted molar refractivity (Wildman–Crippen MR) is 70.8 cm³/mol. The van der Waals surface area contributed by atoms with Crippen molar-refractivity contribution in [2.75, 3.05) is 26.8 Å². The zero-order valence-electron chi connectivity index (χ0n) is 11.7. The molecule has 0 radical (unpaired) electrons. The standard InChI is InChI=1S/C13H28N2O2/c1-5-12(3)15(9-10-17-4)13(16)11(2)7-6-8-14/h11-12H,5-10,14H2,1-4H3. The highest BCUT2D eigenvalue weighted by Gasteiger charge is 2.23. The molecule has 0 aromatic heterocycles. The van der Waals surface area contributed by atoms with Gasteiger partial charge in [-0.1, -0.05) is 13.8 Å². The van der Waals surface area contributed by atoms with Crippen LogP contribution in [0.5, 0.6) is 0 Å². The number of hydrogen-bond donors (Lipinski definition) is 1. The highest BCUT2D eigenvalue weighted by atomic mass is 16.5. The molecule has 17 heavy (non-hydrogen) atoms. The molecule has 0 saturated carbocycles. The van der Waals surface area contributed by atoms with Crippen molar-refractivity contribution in [3.05, 3.63) is 0 Å². The molecule has 0 bridgehead atoms. The fourth-order valence-corrected chi connectivity index (χ4v) is 1.79. The summed E-state index contributed by atoms with van der Waals surface area (Å²) in [5.41, 5.74) is 5.47.